The molecule has 2 unspecified atom stereocenters. The van der Waals surface area contributed by atoms with Gasteiger partial charge in [0.15, 0.2) is 0 Å². The molecule has 0 radical (unpaired) electrons. The summed E-state index contributed by atoms with van der Waals surface area (Å²) in [6.45, 7) is 27.2. The molecular weight excluding hydrogens is 428 g/mol. The van der Waals surface area contributed by atoms with E-state index in [2.05, 4.69) is 57.9 Å². The Morgan fingerprint density at radius 3 is 2.37 bits per heavy atom. The Morgan fingerprint density at radius 2 is 1.80 bits per heavy atom. The molecule has 0 N–H and O–H groups in total. The fourth-order valence-corrected chi connectivity index (χ4v) is 4.95. The number of hydrogen-bond acceptors (Lipinski definition) is 3. The predicted octanol–water partition coefficient (Wildman–Crippen LogP) is 8.99. The molecule has 0 spiro atoms. The van der Waals surface area contributed by atoms with Crippen molar-refractivity contribution in [3.8, 4) is 0 Å². The molecule has 1 heterocycles. The monoisotopic (exact) mass is 474 g/mol. The van der Waals surface area contributed by atoms with E-state index in [0.717, 1.165) is 66.8 Å². The smallest absolute Gasteiger partial charge is 0.149 e. The number of Topliss-reactive ketones (excluding diaryl/α,β-unsaturated/α-hetero) is 1. The molecule has 0 aromatic carbocycles. The molecule has 1 fully saturated rings. The largest absolute Gasteiger partial charge is 0.302 e. The highest BCUT2D eigenvalue weighted by Crippen LogP contribution is 2.39. The summed E-state index contributed by atoms with van der Waals surface area (Å²) in [5, 5.41) is 0. The van der Waals surface area contributed by atoms with Crippen LogP contribution in [-0.2, 0) is 4.79 Å². The molecule has 0 amide bonds. The molecule has 0 aromatic rings. The van der Waals surface area contributed by atoms with Crippen LogP contribution >= 0.6 is 0 Å². The molecule has 3 heteroatoms. The zero-order chi connectivity index (χ0) is 26.1. The average molecular weight is 475 g/mol. The summed E-state index contributed by atoms with van der Waals surface area (Å²) >= 11 is 0. The first-order chi connectivity index (χ1) is 16.6. The maximum Gasteiger partial charge on any atom is 0.149 e. The topological polar surface area (TPSA) is 32.7 Å². The lowest BCUT2D eigenvalue weighted by Gasteiger charge is -2.31. The van der Waals surface area contributed by atoms with Crippen molar-refractivity contribution >= 4 is 11.7 Å². The fraction of sp³-hybridized carbons (Fsp3) is 0.531. The molecule has 3 nitrogen and oxygen atoms in total. The number of fused-ring (bicyclic) bond motifs is 1. The third-order valence-electron chi connectivity index (χ3n) is 7.39. The summed E-state index contributed by atoms with van der Waals surface area (Å²) in [5.41, 5.74) is 7.91. The van der Waals surface area contributed by atoms with Gasteiger partial charge in [0.1, 0.15) is 11.6 Å². The van der Waals surface area contributed by atoms with Gasteiger partial charge in [-0.3, -0.25) is 4.79 Å². The average Bonchev–Trinajstić information content (AvgIpc) is 3.12. The summed E-state index contributed by atoms with van der Waals surface area (Å²) in [4.78, 5) is 20.1. The molecule has 1 saturated carbocycles. The van der Waals surface area contributed by atoms with Crippen molar-refractivity contribution in [3.05, 3.63) is 77.5 Å². The summed E-state index contributed by atoms with van der Waals surface area (Å²) in [6, 6.07) is 0. The molecule has 0 aromatic heterocycles. The second-order valence-corrected chi connectivity index (χ2v) is 10.3. The lowest BCUT2D eigenvalue weighted by Crippen LogP contribution is -2.23. The molecular formula is C32H46N2O. The molecule has 1 aliphatic carbocycles. The van der Waals surface area contributed by atoms with E-state index < -0.39 is 0 Å². The standard InChI is InChI=1S/C32H46N2O/c1-10-26(11-2)32-33-21-28-16-14-13-15-17-29(28)30(34(32)23(6)7)19-24(8)18-27(12-3)31(35)20-25(9)22(4)5/h10,25,27H,1,4,6,8,11-20H2,2-3,5,7,9H3. The van der Waals surface area contributed by atoms with Gasteiger partial charge in [0.05, 0.1) is 0 Å². The Kier molecular flexibility index (Phi) is 11.0. The highest BCUT2D eigenvalue weighted by molar-refractivity contribution is 5.81. The molecule has 2 atom stereocenters. The summed E-state index contributed by atoms with van der Waals surface area (Å²) in [7, 11) is 0. The van der Waals surface area contributed by atoms with Gasteiger partial charge in [-0.2, -0.15) is 4.99 Å². The first-order valence-corrected chi connectivity index (χ1v) is 13.3. The van der Waals surface area contributed by atoms with Crippen LogP contribution in [0.1, 0.15) is 98.8 Å². The van der Waals surface area contributed by atoms with Crippen molar-refractivity contribution in [3.63, 3.8) is 0 Å². The first-order valence-electron chi connectivity index (χ1n) is 13.3. The van der Waals surface area contributed by atoms with Gasteiger partial charge in [0, 0.05) is 35.7 Å². The van der Waals surface area contributed by atoms with Crippen molar-refractivity contribution in [1.29, 1.82) is 0 Å². The van der Waals surface area contributed by atoms with E-state index in [1.54, 1.807) is 0 Å². The Balaban J connectivity index is 2.46. The van der Waals surface area contributed by atoms with Gasteiger partial charge in [-0.15, -0.1) is 0 Å². The number of ketones is 1. The highest BCUT2D eigenvalue weighted by atomic mass is 16.1. The molecule has 2 aliphatic rings. The molecule has 190 valence electrons. The van der Waals surface area contributed by atoms with E-state index in [1.807, 2.05) is 19.9 Å². The van der Waals surface area contributed by atoms with E-state index in [-0.39, 0.29) is 11.8 Å². The quantitative estimate of drug-likeness (QED) is 0.264. The van der Waals surface area contributed by atoms with Crippen LogP contribution in [0, 0.1) is 11.8 Å². The number of nitrogens with zero attached hydrogens (tertiary/aromatic N) is 2. The van der Waals surface area contributed by atoms with Crippen LogP contribution in [0.5, 0.6) is 0 Å². The molecule has 2 rings (SSSR count). The Labute approximate surface area is 214 Å². The summed E-state index contributed by atoms with van der Waals surface area (Å²) in [6.07, 6.45) is 11.1. The number of allylic oxidation sites excluding steroid dienone is 7. The zero-order valence-electron chi connectivity index (χ0n) is 22.9. The summed E-state index contributed by atoms with van der Waals surface area (Å²) in [5.74, 6) is 4.81. The second-order valence-electron chi connectivity index (χ2n) is 10.3. The molecule has 35 heavy (non-hydrogen) atoms. The van der Waals surface area contributed by atoms with Crippen LogP contribution in [-0.4, -0.2) is 16.6 Å². The van der Waals surface area contributed by atoms with Crippen molar-refractivity contribution in [1.82, 2.24) is 4.90 Å². The molecule has 0 bridgehead atoms. The lowest BCUT2D eigenvalue weighted by atomic mass is 9.85. The fourth-order valence-electron chi connectivity index (χ4n) is 4.95. The van der Waals surface area contributed by atoms with E-state index in [1.165, 1.54) is 23.3 Å². The third-order valence-corrected chi connectivity index (χ3v) is 7.39. The lowest BCUT2D eigenvalue weighted by molar-refractivity contribution is -0.123. The van der Waals surface area contributed by atoms with Crippen LogP contribution in [0.25, 0.3) is 0 Å². The minimum atomic E-state index is -0.00579. The van der Waals surface area contributed by atoms with Crippen molar-refractivity contribution in [2.45, 2.75) is 98.8 Å². The molecule has 0 saturated heterocycles. The van der Waals surface area contributed by atoms with Gasteiger partial charge in [-0.1, -0.05) is 70.7 Å². The van der Waals surface area contributed by atoms with E-state index >= 15 is 0 Å². The zero-order valence-corrected chi connectivity index (χ0v) is 22.9. The minimum Gasteiger partial charge on any atom is -0.302 e. The number of aliphatic imine (C=N–C) groups is 1. The number of carbonyl (C=O) groups excluding carboxylic acids is 1. The van der Waals surface area contributed by atoms with Gasteiger partial charge in [-0.25, -0.2) is 0 Å². The van der Waals surface area contributed by atoms with Crippen molar-refractivity contribution in [2.75, 3.05) is 0 Å². The van der Waals surface area contributed by atoms with Gasteiger partial charge in [0.25, 0.3) is 0 Å². The number of hydrogen-bond donors (Lipinski definition) is 0. The summed E-state index contributed by atoms with van der Waals surface area (Å²) < 4.78 is 0. The third kappa shape index (κ3) is 7.42. The van der Waals surface area contributed by atoms with Crippen LogP contribution in [0.2, 0.25) is 0 Å². The van der Waals surface area contributed by atoms with Crippen LogP contribution in [0.4, 0.5) is 0 Å². The highest BCUT2D eigenvalue weighted by Gasteiger charge is 2.28. The van der Waals surface area contributed by atoms with Crippen LogP contribution in [0.3, 0.4) is 0 Å². The maximum absolute atomic E-state index is 13.1. The van der Waals surface area contributed by atoms with Crippen molar-refractivity contribution in [2.24, 2.45) is 16.8 Å². The van der Waals surface area contributed by atoms with Crippen molar-refractivity contribution < 1.29 is 4.79 Å². The van der Waals surface area contributed by atoms with Gasteiger partial charge < -0.3 is 4.90 Å². The second kappa shape index (κ2) is 13.4. The van der Waals surface area contributed by atoms with Crippen LogP contribution < -0.4 is 0 Å². The molecule has 1 aliphatic heterocycles. The van der Waals surface area contributed by atoms with Crippen LogP contribution in [0.15, 0.2) is 82.5 Å². The Morgan fingerprint density at radius 1 is 1.11 bits per heavy atom. The first kappa shape index (κ1) is 28.6. The van der Waals surface area contributed by atoms with E-state index in [9.17, 15) is 4.79 Å². The number of rotatable bonds is 12. The Bertz CT molecular complexity index is 997. The number of carbonyl (C=O) groups is 1. The minimum absolute atomic E-state index is 0.00579. The van der Waals surface area contributed by atoms with Gasteiger partial charge in [0.2, 0.25) is 0 Å². The maximum atomic E-state index is 13.1. The Hall–Kier alpha value is -2.64. The van der Waals surface area contributed by atoms with Gasteiger partial charge in [-0.05, 0) is 81.7 Å². The SMILES string of the molecule is C=CC(CC)=C1N=C=C2CCCCCC2=C(CC(=C)CC(CC)C(=O)CC(C)C(=C)C)N1C(=C)C. The normalized spacial score (nSPS) is 19.1. The van der Waals surface area contributed by atoms with E-state index in [0.29, 0.717) is 25.0 Å². The van der Waals surface area contributed by atoms with Gasteiger partial charge >= 0.3 is 0 Å². The predicted molar refractivity (Wildman–Crippen MR) is 151 cm³/mol. The van der Waals surface area contributed by atoms with E-state index in [4.69, 9.17) is 4.99 Å².